The molecule has 2 heterocycles. The van der Waals surface area contributed by atoms with E-state index in [1.54, 1.807) is 24.4 Å². The Morgan fingerprint density at radius 2 is 1.40 bits per heavy atom. The lowest BCUT2D eigenvalue weighted by Crippen LogP contribution is -2.19. The summed E-state index contributed by atoms with van der Waals surface area (Å²) in [7, 11) is 1.86. The van der Waals surface area contributed by atoms with E-state index >= 15 is 0 Å². The Bertz CT molecular complexity index is 1920. The van der Waals surface area contributed by atoms with Crippen LogP contribution in [0.3, 0.4) is 0 Å². The van der Waals surface area contributed by atoms with Crippen molar-refractivity contribution < 1.29 is 14.3 Å². The van der Waals surface area contributed by atoms with Crippen molar-refractivity contribution in [1.82, 2.24) is 14.5 Å². The van der Waals surface area contributed by atoms with Crippen molar-refractivity contribution in [3.63, 3.8) is 0 Å². The summed E-state index contributed by atoms with van der Waals surface area (Å²) in [6.07, 6.45) is 4.35. The molecule has 0 atom stereocenters. The van der Waals surface area contributed by atoms with Gasteiger partial charge < -0.3 is 19.9 Å². The number of ether oxygens (including phenoxy) is 1. The van der Waals surface area contributed by atoms with Crippen LogP contribution in [0.25, 0.3) is 11.4 Å². The topological polar surface area (TPSA) is 110 Å². The molecule has 0 aliphatic heterocycles. The molecule has 0 fully saturated rings. The van der Waals surface area contributed by atoms with E-state index in [0.717, 1.165) is 76.3 Å². The molecule has 0 radical (unpaired) electrons. The molecular weight excluding hydrogens is 668 g/mol. The second-order valence-corrected chi connectivity index (χ2v) is 12.2. The van der Waals surface area contributed by atoms with E-state index in [2.05, 4.69) is 76.7 Å². The predicted octanol–water partition coefficient (Wildman–Crippen LogP) is 9.41. The molecule has 2 aromatic heterocycles. The minimum atomic E-state index is -0.568. The van der Waals surface area contributed by atoms with Gasteiger partial charge in [-0.3, -0.25) is 10.1 Å². The Balaban J connectivity index is 1.31. The lowest BCUT2D eigenvalue weighted by molar-refractivity contribution is 0.102. The van der Waals surface area contributed by atoms with Gasteiger partial charge in [-0.15, -0.1) is 0 Å². The van der Waals surface area contributed by atoms with Gasteiger partial charge in [0, 0.05) is 36.2 Å². The Hall–Kier alpha value is -4.96. The Morgan fingerprint density at radius 3 is 1.96 bits per heavy atom. The second-order valence-electron chi connectivity index (χ2n) is 11.4. The van der Waals surface area contributed by atoms with E-state index in [1.807, 2.05) is 54.9 Å². The lowest BCUT2D eigenvalue weighted by atomic mass is 10.0. The third-order valence-electron chi connectivity index (χ3n) is 8.45. The number of benzene rings is 3. The first-order chi connectivity index (χ1) is 23.2. The first-order valence-electron chi connectivity index (χ1n) is 16.2. The van der Waals surface area contributed by atoms with Crippen LogP contribution in [0.4, 0.5) is 27.8 Å². The molecule has 9 nitrogen and oxygen atoms in total. The van der Waals surface area contributed by atoms with Crippen LogP contribution in [-0.2, 0) is 32.7 Å². The first kappa shape index (κ1) is 34.4. The van der Waals surface area contributed by atoms with Crippen molar-refractivity contribution >= 4 is 50.9 Å². The third-order valence-corrected chi connectivity index (χ3v) is 9.37. The molecule has 3 aromatic carbocycles. The SMILES string of the molecule is CCc1cccc(CC)c1NC(=O)Oc1cc(-c2ccnc(Nc3ccc(C(=O)Nc4c(CC)cccc4CC)cc3C)n2)n(C)c1Br. The van der Waals surface area contributed by atoms with Crippen LogP contribution >= 0.6 is 15.9 Å². The number of rotatable bonds is 11. The Morgan fingerprint density at radius 1 is 0.812 bits per heavy atom. The summed E-state index contributed by atoms with van der Waals surface area (Å²) in [6, 6.07) is 21.2. The Kier molecular flexibility index (Phi) is 11.0. The van der Waals surface area contributed by atoms with Crippen LogP contribution in [0.15, 0.2) is 77.5 Å². The summed E-state index contributed by atoms with van der Waals surface area (Å²) < 4.78 is 8.20. The molecule has 48 heavy (non-hydrogen) atoms. The number of aromatic nitrogens is 3. The third kappa shape index (κ3) is 7.44. The molecule has 0 unspecified atom stereocenters. The molecule has 0 aliphatic carbocycles. The average molecular weight is 710 g/mol. The van der Waals surface area contributed by atoms with Gasteiger partial charge in [-0.05, 0) is 101 Å². The number of aryl methyl sites for hydroxylation is 5. The van der Waals surface area contributed by atoms with E-state index in [0.29, 0.717) is 27.6 Å². The molecule has 2 amide bonds. The number of halogens is 1. The van der Waals surface area contributed by atoms with Gasteiger partial charge in [-0.25, -0.2) is 14.8 Å². The van der Waals surface area contributed by atoms with Gasteiger partial charge >= 0.3 is 6.09 Å². The molecule has 10 heteroatoms. The highest BCUT2D eigenvalue weighted by Gasteiger charge is 2.19. The quantitative estimate of drug-likeness (QED) is 0.126. The number of hydrogen-bond acceptors (Lipinski definition) is 6. The van der Waals surface area contributed by atoms with E-state index in [4.69, 9.17) is 9.72 Å². The maximum absolute atomic E-state index is 13.3. The molecule has 0 spiro atoms. The number of hydrogen-bond donors (Lipinski definition) is 3. The van der Waals surface area contributed by atoms with Crippen LogP contribution in [-0.4, -0.2) is 26.5 Å². The summed E-state index contributed by atoms with van der Waals surface area (Å²) in [4.78, 5) is 35.4. The average Bonchev–Trinajstić information content (AvgIpc) is 3.37. The molecular formula is C38H41BrN6O3. The van der Waals surface area contributed by atoms with Crippen LogP contribution in [0.1, 0.15) is 65.9 Å². The van der Waals surface area contributed by atoms with Gasteiger partial charge in [0.25, 0.3) is 5.91 Å². The summed E-state index contributed by atoms with van der Waals surface area (Å²) in [5, 5.41) is 9.37. The molecule has 0 aliphatic rings. The summed E-state index contributed by atoms with van der Waals surface area (Å²) >= 11 is 3.57. The van der Waals surface area contributed by atoms with E-state index in [1.165, 1.54) is 0 Å². The maximum atomic E-state index is 13.3. The number of nitrogens with zero attached hydrogens (tertiary/aromatic N) is 3. The van der Waals surface area contributed by atoms with Gasteiger partial charge in [0.1, 0.15) is 4.60 Å². The van der Waals surface area contributed by atoms with Crippen LogP contribution in [0, 0.1) is 6.92 Å². The Labute approximate surface area is 290 Å². The number of carbonyl (C=O) groups is 2. The van der Waals surface area contributed by atoms with Gasteiger partial charge in [0.2, 0.25) is 5.95 Å². The fraction of sp³-hybridized carbons (Fsp3) is 0.263. The zero-order valence-corrected chi connectivity index (χ0v) is 29.8. The zero-order chi connectivity index (χ0) is 34.4. The second kappa shape index (κ2) is 15.3. The van der Waals surface area contributed by atoms with Gasteiger partial charge in [0.05, 0.1) is 17.1 Å². The number of carbonyl (C=O) groups excluding carboxylic acids is 2. The van der Waals surface area contributed by atoms with Crippen molar-refractivity contribution in [2.24, 2.45) is 7.05 Å². The van der Waals surface area contributed by atoms with Crippen molar-refractivity contribution in [1.29, 1.82) is 0 Å². The lowest BCUT2D eigenvalue weighted by Gasteiger charge is -2.15. The van der Waals surface area contributed by atoms with Gasteiger partial charge in [-0.2, -0.15) is 0 Å². The maximum Gasteiger partial charge on any atom is 0.417 e. The number of para-hydroxylation sites is 2. The minimum Gasteiger partial charge on any atom is -0.407 e. The first-order valence-corrected chi connectivity index (χ1v) is 17.0. The fourth-order valence-corrected chi connectivity index (χ4v) is 6.10. The summed E-state index contributed by atoms with van der Waals surface area (Å²) in [6.45, 7) is 10.2. The summed E-state index contributed by atoms with van der Waals surface area (Å²) in [5.41, 5.74) is 9.59. The van der Waals surface area contributed by atoms with Crippen molar-refractivity contribution in [3.8, 4) is 17.1 Å². The molecule has 0 saturated carbocycles. The largest absolute Gasteiger partial charge is 0.417 e. The van der Waals surface area contributed by atoms with E-state index < -0.39 is 6.09 Å². The highest BCUT2D eigenvalue weighted by Crippen LogP contribution is 2.34. The highest BCUT2D eigenvalue weighted by atomic mass is 79.9. The fourth-order valence-electron chi connectivity index (χ4n) is 5.72. The number of nitrogens with one attached hydrogen (secondary N) is 3. The van der Waals surface area contributed by atoms with Crippen LogP contribution in [0.5, 0.6) is 5.75 Å². The standard InChI is InChI=1S/C38H41BrN6O3/c1-7-24-13-11-14-25(8-2)33(24)43-36(46)28-17-18-29(23(5)21-28)41-37-40-20-19-30(42-37)31-22-32(35(39)45(31)6)48-38(47)44-34-26(9-3)15-12-16-27(34)10-4/h11-22H,7-10H2,1-6H3,(H,43,46)(H,44,47)(H,40,41,42). The van der Waals surface area contributed by atoms with E-state index in [9.17, 15) is 9.59 Å². The number of anilines is 4. The van der Waals surface area contributed by atoms with Gasteiger partial charge in [-0.1, -0.05) is 64.1 Å². The molecule has 5 rings (SSSR count). The monoisotopic (exact) mass is 708 g/mol. The smallest absolute Gasteiger partial charge is 0.407 e. The van der Waals surface area contributed by atoms with E-state index in [-0.39, 0.29) is 5.91 Å². The summed E-state index contributed by atoms with van der Waals surface area (Å²) in [5.74, 6) is 0.598. The zero-order valence-electron chi connectivity index (χ0n) is 28.2. The predicted molar refractivity (Wildman–Crippen MR) is 197 cm³/mol. The highest BCUT2D eigenvalue weighted by molar-refractivity contribution is 9.10. The molecule has 0 bridgehead atoms. The molecule has 3 N–H and O–H groups in total. The van der Waals surface area contributed by atoms with Gasteiger partial charge in [0.15, 0.2) is 5.75 Å². The van der Waals surface area contributed by atoms with Crippen LogP contribution in [0.2, 0.25) is 0 Å². The minimum absolute atomic E-state index is 0.153. The van der Waals surface area contributed by atoms with Crippen molar-refractivity contribution in [3.05, 3.63) is 111 Å². The van der Waals surface area contributed by atoms with Crippen molar-refractivity contribution in [2.45, 2.75) is 60.3 Å². The normalized spacial score (nSPS) is 10.9. The molecule has 248 valence electrons. The number of amides is 2. The van der Waals surface area contributed by atoms with Crippen molar-refractivity contribution in [2.75, 3.05) is 16.0 Å². The molecule has 5 aromatic rings. The molecule has 0 saturated heterocycles. The van der Waals surface area contributed by atoms with Crippen LogP contribution < -0.4 is 20.7 Å².